The summed E-state index contributed by atoms with van der Waals surface area (Å²) in [4.78, 5) is 13.0. The predicted octanol–water partition coefficient (Wildman–Crippen LogP) is 5.34. The number of likely N-dealkylation sites (tertiary alicyclic amines) is 1. The Balaban J connectivity index is 3.16. The van der Waals surface area contributed by atoms with Gasteiger partial charge in [0, 0.05) is 13.1 Å². The highest BCUT2D eigenvalue weighted by molar-refractivity contribution is 8.03. The molecule has 1 heterocycles. The maximum absolute atomic E-state index is 11.4. The van der Waals surface area contributed by atoms with E-state index in [-0.39, 0.29) is 15.2 Å². The van der Waals surface area contributed by atoms with Crippen molar-refractivity contribution in [2.75, 3.05) is 18.8 Å². The van der Waals surface area contributed by atoms with Crippen molar-refractivity contribution in [1.82, 2.24) is 4.90 Å². The van der Waals surface area contributed by atoms with Gasteiger partial charge in [0.05, 0.1) is 4.92 Å². The zero-order valence-electron chi connectivity index (χ0n) is 11.9. The molecule has 0 N–H and O–H groups in total. The van der Waals surface area contributed by atoms with E-state index in [2.05, 4.69) is 6.92 Å². The highest BCUT2D eigenvalue weighted by Crippen LogP contribution is 2.35. The summed E-state index contributed by atoms with van der Waals surface area (Å²) in [5.41, 5.74) is -0.181. The Labute approximate surface area is 144 Å². The number of piperidine rings is 1. The molecule has 0 bridgehead atoms. The molecule has 8 heteroatoms. The lowest BCUT2D eigenvalue weighted by Crippen LogP contribution is -2.30. The minimum Gasteiger partial charge on any atom is -0.361 e. The number of hydrogen-bond donors (Lipinski definition) is 0. The largest absolute Gasteiger partial charge is 0.361 e. The molecule has 0 spiro atoms. The molecular weight excluding hydrogens is 355 g/mol. The number of thioether (sulfide) groups is 1. The van der Waals surface area contributed by atoms with Crippen LogP contribution in [0.3, 0.4) is 0 Å². The second-order valence-electron chi connectivity index (χ2n) is 4.73. The molecule has 21 heavy (non-hydrogen) atoms. The fourth-order valence-corrected chi connectivity index (χ4v) is 3.76. The van der Waals surface area contributed by atoms with Gasteiger partial charge in [0.25, 0.3) is 0 Å². The van der Waals surface area contributed by atoms with Crippen LogP contribution in [0.2, 0.25) is 0 Å². The zero-order valence-corrected chi connectivity index (χ0v) is 15.0. The lowest BCUT2D eigenvalue weighted by atomic mass is 10.1. The molecule has 0 aromatic carbocycles. The molecule has 0 amide bonds. The third-order valence-corrected chi connectivity index (χ3v) is 5.30. The molecular formula is C13H19Cl3N2O2S. The van der Waals surface area contributed by atoms with Gasteiger partial charge >= 0.3 is 5.70 Å². The topological polar surface area (TPSA) is 46.4 Å². The molecule has 120 valence electrons. The molecule has 0 radical (unpaired) electrons. The molecule has 0 aromatic heterocycles. The molecule has 1 saturated heterocycles. The van der Waals surface area contributed by atoms with Gasteiger partial charge in [0.15, 0.2) is 10.1 Å². The van der Waals surface area contributed by atoms with Gasteiger partial charge in [-0.15, -0.1) is 11.8 Å². The lowest BCUT2D eigenvalue weighted by Gasteiger charge is -2.30. The van der Waals surface area contributed by atoms with Crippen LogP contribution in [0.15, 0.2) is 20.2 Å². The average Bonchev–Trinajstić information content (AvgIpc) is 2.46. The molecule has 1 aliphatic heterocycles. The van der Waals surface area contributed by atoms with Crippen LogP contribution in [-0.2, 0) is 0 Å². The van der Waals surface area contributed by atoms with Crippen LogP contribution in [0.25, 0.3) is 0 Å². The third kappa shape index (κ3) is 5.89. The van der Waals surface area contributed by atoms with E-state index < -0.39 is 4.92 Å². The second kappa shape index (κ2) is 9.82. The van der Waals surface area contributed by atoms with Crippen molar-refractivity contribution in [2.24, 2.45) is 0 Å². The van der Waals surface area contributed by atoms with Gasteiger partial charge in [-0.05, 0) is 31.4 Å². The Morgan fingerprint density at radius 2 is 1.86 bits per heavy atom. The van der Waals surface area contributed by atoms with Gasteiger partial charge in [-0.1, -0.05) is 48.1 Å². The van der Waals surface area contributed by atoms with Crippen LogP contribution in [-0.4, -0.2) is 28.7 Å². The van der Waals surface area contributed by atoms with Gasteiger partial charge in [-0.3, -0.25) is 10.1 Å². The van der Waals surface area contributed by atoms with E-state index in [1.54, 1.807) is 0 Å². The molecule has 0 saturated carbocycles. The summed E-state index contributed by atoms with van der Waals surface area (Å²) >= 11 is 18.8. The van der Waals surface area contributed by atoms with Gasteiger partial charge < -0.3 is 4.90 Å². The Hall–Kier alpha value is -0.100. The number of allylic oxidation sites excluding steroid dienone is 1. The monoisotopic (exact) mass is 372 g/mol. The maximum atomic E-state index is 11.4. The van der Waals surface area contributed by atoms with E-state index in [4.69, 9.17) is 34.8 Å². The van der Waals surface area contributed by atoms with Crippen LogP contribution in [0, 0.1) is 10.1 Å². The molecule has 0 aliphatic carbocycles. The number of nitro groups is 1. The van der Waals surface area contributed by atoms with Crippen molar-refractivity contribution in [3.63, 3.8) is 0 Å². The van der Waals surface area contributed by atoms with Crippen molar-refractivity contribution in [2.45, 2.75) is 39.0 Å². The normalized spacial score (nSPS) is 16.5. The predicted molar refractivity (Wildman–Crippen MR) is 91.4 cm³/mol. The summed E-state index contributed by atoms with van der Waals surface area (Å²) in [6.07, 6.45) is 5.23. The number of unbranched alkanes of at least 4 members (excludes halogenated alkanes) is 1. The summed E-state index contributed by atoms with van der Waals surface area (Å²) in [5.74, 6) is 0.809. The van der Waals surface area contributed by atoms with Crippen LogP contribution < -0.4 is 0 Å². The Kier molecular flexibility index (Phi) is 8.86. The van der Waals surface area contributed by atoms with E-state index >= 15 is 0 Å². The highest BCUT2D eigenvalue weighted by Gasteiger charge is 2.29. The molecule has 1 aliphatic rings. The van der Waals surface area contributed by atoms with E-state index in [1.807, 2.05) is 4.90 Å². The fraction of sp³-hybridized carbons (Fsp3) is 0.692. The number of hydrogen-bond acceptors (Lipinski definition) is 4. The molecule has 0 unspecified atom stereocenters. The van der Waals surface area contributed by atoms with Gasteiger partial charge in [-0.25, -0.2) is 0 Å². The summed E-state index contributed by atoms with van der Waals surface area (Å²) in [6.45, 7) is 3.69. The van der Waals surface area contributed by atoms with Crippen molar-refractivity contribution in [3.05, 3.63) is 30.4 Å². The SMILES string of the molecule is CCCCS/C(=C(\C(Cl)=C(Cl)Cl)[N+](=O)[O-])N1CCCCC1. The summed E-state index contributed by atoms with van der Waals surface area (Å²) in [5, 5.41) is 11.8. The summed E-state index contributed by atoms with van der Waals surface area (Å²) in [6, 6.07) is 0. The zero-order chi connectivity index (χ0) is 15.8. The highest BCUT2D eigenvalue weighted by atomic mass is 35.5. The van der Waals surface area contributed by atoms with E-state index in [0.717, 1.165) is 50.9 Å². The summed E-state index contributed by atoms with van der Waals surface area (Å²) < 4.78 is -0.269. The van der Waals surface area contributed by atoms with E-state index in [0.29, 0.717) is 5.03 Å². The Morgan fingerprint density at radius 3 is 2.33 bits per heavy atom. The minimum atomic E-state index is -0.490. The Bertz CT molecular complexity index is 431. The van der Waals surface area contributed by atoms with Crippen LogP contribution in [0.1, 0.15) is 39.0 Å². The number of halogens is 3. The Morgan fingerprint density at radius 1 is 1.24 bits per heavy atom. The smallest absolute Gasteiger partial charge is 0.319 e. The molecule has 0 atom stereocenters. The van der Waals surface area contributed by atoms with Crippen LogP contribution >= 0.6 is 46.6 Å². The first-order chi connectivity index (χ1) is 9.99. The lowest BCUT2D eigenvalue weighted by molar-refractivity contribution is -0.421. The molecule has 1 fully saturated rings. The standard InChI is InChI=1S/C13H19Cl3N2O2S/c1-2-3-9-21-13(17-7-5-4-6-8-17)11(18(19)20)10(14)12(15)16/h2-9H2,1H3/b13-11+. The first-order valence-electron chi connectivity index (χ1n) is 6.96. The van der Waals surface area contributed by atoms with Crippen molar-refractivity contribution in [3.8, 4) is 0 Å². The van der Waals surface area contributed by atoms with Gasteiger partial charge in [0.1, 0.15) is 4.49 Å². The minimum absolute atomic E-state index is 0.181. The van der Waals surface area contributed by atoms with E-state index in [1.165, 1.54) is 11.8 Å². The van der Waals surface area contributed by atoms with Crippen LogP contribution in [0.4, 0.5) is 0 Å². The summed E-state index contributed by atoms with van der Waals surface area (Å²) in [7, 11) is 0. The first kappa shape index (κ1) is 18.9. The van der Waals surface area contributed by atoms with Gasteiger partial charge in [-0.2, -0.15) is 0 Å². The third-order valence-electron chi connectivity index (χ3n) is 3.14. The molecule has 4 nitrogen and oxygen atoms in total. The number of rotatable bonds is 7. The quantitative estimate of drug-likeness (QED) is 0.262. The van der Waals surface area contributed by atoms with Crippen LogP contribution in [0.5, 0.6) is 0 Å². The fourth-order valence-electron chi connectivity index (χ4n) is 2.06. The first-order valence-corrected chi connectivity index (χ1v) is 9.08. The van der Waals surface area contributed by atoms with Gasteiger partial charge in [0.2, 0.25) is 0 Å². The van der Waals surface area contributed by atoms with Crippen molar-refractivity contribution >= 4 is 46.6 Å². The average molecular weight is 374 g/mol. The number of nitrogens with zero attached hydrogens (tertiary/aromatic N) is 2. The van der Waals surface area contributed by atoms with Crippen molar-refractivity contribution < 1.29 is 4.92 Å². The molecule has 1 rings (SSSR count). The molecule has 0 aromatic rings. The second-order valence-corrected chi connectivity index (χ2v) is 7.15. The van der Waals surface area contributed by atoms with Crippen molar-refractivity contribution in [1.29, 1.82) is 0 Å². The van der Waals surface area contributed by atoms with E-state index in [9.17, 15) is 10.1 Å². The maximum Gasteiger partial charge on any atom is 0.319 e.